The molecule has 0 unspecified atom stereocenters. The molecule has 4 aromatic rings. The van der Waals surface area contributed by atoms with Crippen molar-refractivity contribution in [3.63, 3.8) is 0 Å². The first-order valence-electron chi connectivity index (χ1n) is 10.8. The molecule has 0 atom stereocenters. The summed E-state index contributed by atoms with van der Waals surface area (Å²) in [6.45, 7) is 0.667. The van der Waals surface area contributed by atoms with Gasteiger partial charge in [-0.05, 0) is 42.0 Å². The highest BCUT2D eigenvalue weighted by atomic mass is 32.3. The first kappa shape index (κ1) is 25.6. The highest BCUT2D eigenvalue weighted by Gasteiger charge is 2.30. The van der Waals surface area contributed by atoms with Crippen LogP contribution in [0.4, 0.5) is 10.2 Å². The van der Waals surface area contributed by atoms with Crippen LogP contribution in [0.15, 0.2) is 79.1 Å². The van der Waals surface area contributed by atoms with Crippen LogP contribution >= 0.6 is 0 Å². The van der Waals surface area contributed by atoms with E-state index in [9.17, 15) is 14.0 Å². The third kappa shape index (κ3) is 6.22. The van der Waals surface area contributed by atoms with Crippen molar-refractivity contribution in [2.45, 2.75) is 6.54 Å². The third-order valence-electron chi connectivity index (χ3n) is 5.29. The number of hydrogen-bond acceptors (Lipinski definition) is 7. The van der Waals surface area contributed by atoms with E-state index in [1.807, 2.05) is 12.1 Å². The molecule has 2 aromatic heterocycles. The Morgan fingerprint density at radius 2 is 1.51 bits per heavy atom. The number of Topliss-reactive ketones (excluding diaryl/α,β-unsaturated/α-hetero) is 1. The Hall–Kier alpha value is -4.46. The number of halogens is 1. The van der Waals surface area contributed by atoms with E-state index in [2.05, 4.69) is 10.4 Å². The standard InChI is InChI=1S/C24H18FN5O2.H2O4S/c25-19-8-6-17(7-9-19)21-20(16-10-12-26-13-11-16)23-28-30(15-14-29(23)27-21)24(32)22(31)18-4-2-1-3-5-18;1-5(2,3)4/h1-13,28H,14-15H2;(H2,1,2,3,4). The zero-order chi connectivity index (χ0) is 26.6. The van der Waals surface area contributed by atoms with E-state index in [0.717, 1.165) is 16.7 Å². The molecule has 3 heterocycles. The molecule has 0 saturated carbocycles. The summed E-state index contributed by atoms with van der Waals surface area (Å²) < 4.78 is 46.8. The number of hydrazine groups is 1. The number of nitrogens with zero attached hydrogens (tertiary/aromatic N) is 4. The van der Waals surface area contributed by atoms with E-state index in [1.54, 1.807) is 59.5 Å². The first-order valence-corrected chi connectivity index (χ1v) is 12.2. The van der Waals surface area contributed by atoms with Crippen molar-refractivity contribution in [3.8, 4) is 22.4 Å². The molecule has 5 rings (SSSR count). The Morgan fingerprint density at radius 1 is 0.892 bits per heavy atom. The van der Waals surface area contributed by atoms with E-state index in [0.29, 0.717) is 23.6 Å². The maximum Gasteiger partial charge on any atom is 0.394 e. The molecule has 3 N–H and O–H groups in total. The third-order valence-corrected chi connectivity index (χ3v) is 5.29. The molecule has 1 aliphatic heterocycles. The second-order valence-corrected chi connectivity index (χ2v) is 8.65. The minimum Gasteiger partial charge on any atom is -0.283 e. The van der Waals surface area contributed by atoms with Gasteiger partial charge in [0, 0.05) is 23.5 Å². The Labute approximate surface area is 210 Å². The predicted octanol–water partition coefficient (Wildman–Crippen LogP) is 3.15. The molecule has 11 nitrogen and oxygen atoms in total. The van der Waals surface area contributed by atoms with Crippen molar-refractivity contribution in [2.24, 2.45) is 0 Å². The van der Waals surface area contributed by atoms with Gasteiger partial charge in [-0.25, -0.2) is 14.1 Å². The Kier molecular flexibility index (Phi) is 7.38. The lowest BCUT2D eigenvalue weighted by molar-refractivity contribution is -0.125. The molecule has 0 spiro atoms. The van der Waals surface area contributed by atoms with Crippen LogP contribution in [0, 0.1) is 5.82 Å². The van der Waals surface area contributed by atoms with Crippen LogP contribution < -0.4 is 5.43 Å². The minimum atomic E-state index is -4.67. The summed E-state index contributed by atoms with van der Waals surface area (Å²) in [5.74, 6) is -0.989. The second-order valence-electron chi connectivity index (χ2n) is 7.75. The summed E-state index contributed by atoms with van der Waals surface area (Å²) in [5.41, 5.74) is 6.37. The lowest BCUT2D eigenvalue weighted by atomic mass is 10.0. The number of anilines is 1. The van der Waals surface area contributed by atoms with Crippen LogP contribution in [0.5, 0.6) is 0 Å². The fourth-order valence-electron chi connectivity index (χ4n) is 3.71. The summed E-state index contributed by atoms with van der Waals surface area (Å²) in [5, 5.41) is 6.02. The van der Waals surface area contributed by atoms with Gasteiger partial charge in [-0.15, -0.1) is 0 Å². The zero-order valence-electron chi connectivity index (χ0n) is 19.0. The number of nitrogens with one attached hydrogen (secondary N) is 1. The van der Waals surface area contributed by atoms with Crippen LogP contribution in [0.3, 0.4) is 0 Å². The number of carbonyl (C=O) groups excluding carboxylic acids is 2. The number of ketones is 1. The average molecular weight is 526 g/mol. The first-order chi connectivity index (χ1) is 17.6. The molecule has 0 aliphatic carbocycles. The van der Waals surface area contributed by atoms with Gasteiger partial charge < -0.3 is 0 Å². The van der Waals surface area contributed by atoms with Crippen molar-refractivity contribution in [1.29, 1.82) is 0 Å². The molecule has 37 heavy (non-hydrogen) atoms. The van der Waals surface area contributed by atoms with Gasteiger partial charge in [-0.2, -0.15) is 13.5 Å². The molecule has 2 aromatic carbocycles. The van der Waals surface area contributed by atoms with Gasteiger partial charge >= 0.3 is 16.3 Å². The molecule has 0 saturated heterocycles. The van der Waals surface area contributed by atoms with E-state index in [-0.39, 0.29) is 12.4 Å². The van der Waals surface area contributed by atoms with Crippen molar-refractivity contribution >= 4 is 27.9 Å². The molecular weight excluding hydrogens is 505 g/mol. The summed E-state index contributed by atoms with van der Waals surface area (Å²) >= 11 is 0. The Morgan fingerprint density at radius 3 is 2.14 bits per heavy atom. The van der Waals surface area contributed by atoms with Crippen LogP contribution in [0.25, 0.3) is 22.4 Å². The maximum atomic E-state index is 13.5. The van der Waals surface area contributed by atoms with Crippen molar-refractivity contribution in [3.05, 3.63) is 90.5 Å². The number of hydrogen-bond donors (Lipinski definition) is 3. The molecule has 0 radical (unpaired) electrons. The van der Waals surface area contributed by atoms with E-state index in [1.165, 1.54) is 17.1 Å². The monoisotopic (exact) mass is 525 g/mol. The van der Waals surface area contributed by atoms with Crippen LogP contribution in [0.1, 0.15) is 10.4 Å². The van der Waals surface area contributed by atoms with Gasteiger partial charge in [-0.1, -0.05) is 30.3 Å². The normalized spacial score (nSPS) is 12.6. The Bertz CT molecular complexity index is 1520. The highest BCUT2D eigenvalue weighted by molar-refractivity contribution is 7.79. The molecule has 0 bridgehead atoms. The average Bonchev–Trinajstić information content (AvgIpc) is 3.27. The fourth-order valence-corrected chi connectivity index (χ4v) is 3.71. The number of rotatable bonds is 4. The van der Waals surface area contributed by atoms with Crippen molar-refractivity contribution in [2.75, 3.05) is 12.0 Å². The van der Waals surface area contributed by atoms with Crippen molar-refractivity contribution < 1.29 is 31.5 Å². The molecular formula is C24H20FN5O6S. The van der Waals surface area contributed by atoms with Gasteiger partial charge in [0.05, 0.1) is 18.7 Å². The number of benzene rings is 2. The Balaban J connectivity index is 0.000000586. The van der Waals surface area contributed by atoms with Gasteiger partial charge in [0.2, 0.25) is 0 Å². The minimum absolute atomic E-state index is 0.269. The quantitative estimate of drug-likeness (QED) is 0.207. The maximum absolute atomic E-state index is 13.5. The summed E-state index contributed by atoms with van der Waals surface area (Å²) in [6, 6.07) is 18.2. The fraction of sp³-hybridized carbons (Fsp3) is 0.0833. The van der Waals surface area contributed by atoms with Gasteiger partial charge in [0.15, 0.2) is 5.82 Å². The smallest absolute Gasteiger partial charge is 0.283 e. The zero-order valence-corrected chi connectivity index (χ0v) is 19.8. The number of fused-ring (bicyclic) bond motifs is 1. The summed E-state index contributed by atoms with van der Waals surface area (Å²) in [4.78, 5) is 29.6. The second kappa shape index (κ2) is 10.7. The molecule has 13 heteroatoms. The van der Waals surface area contributed by atoms with E-state index < -0.39 is 22.1 Å². The molecule has 1 aliphatic rings. The van der Waals surface area contributed by atoms with Gasteiger partial charge in [0.25, 0.3) is 5.78 Å². The number of carbonyl (C=O) groups is 2. The lowest BCUT2D eigenvalue weighted by Crippen LogP contribution is -2.46. The van der Waals surface area contributed by atoms with Gasteiger partial charge in [0.1, 0.15) is 11.5 Å². The van der Waals surface area contributed by atoms with Crippen molar-refractivity contribution in [1.82, 2.24) is 19.8 Å². The molecule has 0 fully saturated rings. The van der Waals surface area contributed by atoms with Gasteiger partial charge in [-0.3, -0.25) is 29.1 Å². The number of pyridine rings is 1. The number of amides is 1. The predicted molar refractivity (Wildman–Crippen MR) is 131 cm³/mol. The van der Waals surface area contributed by atoms with E-state index in [4.69, 9.17) is 22.6 Å². The largest absolute Gasteiger partial charge is 0.394 e. The topological polar surface area (TPSA) is 155 Å². The SMILES string of the molecule is O=C(C(=O)N1CCn2nc(-c3ccc(F)cc3)c(-c3ccncc3)c2N1)c1ccccc1.O=S(=O)(O)O. The summed E-state index contributed by atoms with van der Waals surface area (Å²) in [7, 11) is -4.67. The molecule has 1 amide bonds. The number of aromatic nitrogens is 3. The van der Waals surface area contributed by atoms with Crippen LogP contribution in [-0.4, -0.2) is 55.5 Å². The van der Waals surface area contributed by atoms with E-state index >= 15 is 0 Å². The molecule has 190 valence electrons. The lowest BCUT2D eigenvalue weighted by Gasteiger charge is -2.29. The van der Waals surface area contributed by atoms with Crippen LogP contribution in [-0.2, 0) is 21.7 Å². The van der Waals surface area contributed by atoms with Crippen LogP contribution in [0.2, 0.25) is 0 Å². The highest BCUT2D eigenvalue weighted by Crippen LogP contribution is 2.39. The summed E-state index contributed by atoms with van der Waals surface area (Å²) in [6.07, 6.45) is 3.33.